The van der Waals surface area contributed by atoms with E-state index >= 15 is 0 Å². The molecular formula is C13H20N2O3. The quantitative estimate of drug-likeness (QED) is 0.811. The first kappa shape index (κ1) is 13.1. The van der Waals surface area contributed by atoms with Crippen molar-refractivity contribution in [2.24, 2.45) is 0 Å². The zero-order valence-electron chi connectivity index (χ0n) is 10.6. The van der Waals surface area contributed by atoms with Gasteiger partial charge in [-0.2, -0.15) is 0 Å². The third kappa shape index (κ3) is 2.91. The third-order valence-electron chi connectivity index (χ3n) is 3.53. The molecule has 0 radical (unpaired) electrons. The molecule has 2 rings (SSSR count). The Kier molecular flexibility index (Phi) is 4.38. The van der Waals surface area contributed by atoms with Crippen LogP contribution >= 0.6 is 0 Å². The number of likely N-dealkylation sites (tertiary alicyclic amines) is 1. The average molecular weight is 252 g/mol. The van der Waals surface area contributed by atoms with Crippen LogP contribution < -0.4 is 5.32 Å². The summed E-state index contributed by atoms with van der Waals surface area (Å²) in [6.07, 6.45) is 3.60. The molecule has 0 aliphatic carbocycles. The minimum absolute atomic E-state index is 0.0215. The van der Waals surface area contributed by atoms with Gasteiger partial charge in [-0.3, -0.25) is 9.69 Å². The first-order chi connectivity index (χ1) is 8.72. The van der Waals surface area contributed by atoms with Crippen LogP contribution in [0.25, 0.3) is 0 Å². The van der Waals surface area contributed by atoms with Crippen molar-refractivity contribution in [3.05, 3.63) is 24.2 Å². The van der Waals surface area contributed by atoms with Gasteiger partial charge in [0.05, 0.1) is 25.5 Å². The van der Waals surface area contributed by atoms with Crippen LogP contribution in [0, 0.1) is 0 Å². The second kappa shape index (κ2) is 6.02. The number of hydrogen-bond donors (Lipinski definition) is 2. The van der Waals surface area contributed by atoms with Gasteiger partial charge in [-0.05, 0) is 38.4 Å². The second-order valence-corrected chi connectivity index (χ2v) is 4.69. The number of furan rings is 1. The number of aliphatic hydroxyl groups excluding tert-OH is 1. The van der Waals surface area contributed by atoms with Gasteiger partial charge in [0.1, 0.15) is 5.76 Å². The molecule has 0 bridgehead atoms. The van der Waals surface area contributed by atoms with Gasteiger partial charge >= 0.3 is 0 Å². The van der Waals surface area contributed by atoms with E-state index < -0.39 is 0 Å². The third-order valence-corrected chi connectivity index (χ3v) is 3.53. The number of amides is 1. The second-order valence-electron chi connectivity index (χ2n) is 4.69. The largest absolute Gasteiger partial charge is 0.467 e. The maximum absolute atomic E-state index is 12.0. The molecule has 5 heteroatoms. The molecule has 1 amide bonds. The van der Waals surface area contributed by atoms with Crippen molar-refractivity contribution in [1.82, 2.24) is 10.2 Å². The van der Waals surface area contributed by atoms with E-state index in [1.807, 2.05) is 13.0 Å². The van der Waals surface area contributed by atoms with Gasteiger partial charge in [-0.15, -0.1) is 0 Å². The molecular weight excluding hydrogens is 232 g/mol. The summed E-state index contributed by atoms with van der Waals surface area (Å²) in [5.74, 6) is 0.724. The van der Waals surface area contributed by atoms with Crippen LogP contribution in [-0.4, -0.2) is 41.1 Å². The molecule has 1 fully saturated rings. The van der Waals surface area contributed by atoms with Crippen LogP contribution in [-0.2, 0) is 11.3 Å². The normalized spacial score (nSPS) is 22.0. The zero-order valence-corrected chi connectivity index (χ0v) is 10.6. The molecule has 1 saturated heterocycles. The highest BCUT2D eigenvalue weighted by Crippen LogP contribution is 2.19. The lowest BCUT2D eigenvalue weighted by atomic mass is 10.2. The molecule has 1 aliphatic rings. The van der Waals surface area contributed by atoms with E-state index in [2.05, 4.69) is 10.2 Å². The highest BCUT2D eigenvalue weighted by atomic mass is 16.3. The number of rotatable bonds is 5. The Morgan fingerprint density at radius 1 is 1.72 bits per heavy atom. The molecule has 2 unspecified atom stereocenters. The first-order valence-corrected chi connectivity index (χ1v) is 6.39. The summed E-state index contributed by atoms with van der Waals surface area (Å²) in [5, 5.41) is 12.1. The van der Waals surface area contributed by atoms with E-state index in [4.69, 9.17) is 4.42 Å². The molecule has 0 aromatic carbocycles. The fourth-order valence-corrected chi connectivity index (χ4v) is 2.45. The van der Waals surface area contributed by atoms with Crippen molar-refractivity contribution in [1.29, 1.82) is 0 Å². The number of carbonyl (C=O) groups excluding carboxylic acids is 1. The van der Waals surface area contributed by atoms with Crippen molar-refractivity contribution >= 4 is 5.91 Å². The van der Waals surface area contributed by atoms with E-state index in [9.17, 15) is 9.90 Å². The summed E-state index contributed by atoms with van der Waals surface area (Å²) in [6.45, 7) is 3.29. The highest BCUT2D eigenvalue weighted by Gasteiger charge is 2.31. The zero-order chi connectivity index (χ0) is 13.0. The summed E-state index contributed by atoms with van der Waals surface area (Å²) >= 11 is 0. The van der Waals surface area contributed by atoms with Gasteiger partial charge in [-0.1, -0.05) is 0 Å². The van der Waals surface area contributed by atoms with Crippen LogP contribution in [0.3, 0.4) is 0 Å². The molecule has 0 saturated carbocycles. The summed E-state index contributed by atoms with van der Waals surface area (Å²) < 4.78 is 5.16. The Hall–Kier alpha value is -1.33. The van der Waals surface area contributed by atoms with Crippen LogP contribution in [0.1, 0.15) is 25.5 Å². The predicted molar refractivity (Wildman–Crippen MR) is 66.8 cm³/mol. The molecule has 2 atom stereocenters. The number of nitrogens with one attached hydrogen (secondary N) is 1. The maximum atomic E-state index is 12.0. The standard InChI is InChI=1S/C13H20N2O3/c1-10(15-6-2-4-11(15)9-16)13(17)14-8-12-5-3-7-18-12/h3,5,7,10-11,16H,2,4,6,8-9H2,1H3,(H,14,17). The predicted octanol–water partition coefficient (Wildman–Crippen LogP) is 0.741. The van der Waals surface area contributed by atoms with E-state index in [0.29, 0.717) is 6.54 Å². The fraction of sp³-hybridized carbons (Fsp3) is 0.615. The highest BCUT2D eigenvalue weighted by molar-refractivity contribution is 5.81. The molecule has 100 valence electrons. The lowest BCUT2D eigenvalue weighted by molar-refractivity contribution is -0.126. The van der Waals surface area contributed by atoms with Crippen molar-refractivity contribution in [2.75, 3.05) is 13.2 Å². The molecule has 2 N–H and O–H groups in total. The number of aliphatic hydroxyl groups is 1. The number of carbonyl (C=O) groups is 1. The monoisotopic (exact) mass is 252 g/mol. The lowest BCUT2D eigenvalue weighted by Crippen LogP contribution is -2.48. The van der Waals surface area contributed by atoms with E-state index in [-0.39, 0.29) is 24.6 Å². The molecule has 1 aromatic rings. The van der Waals surface area contributed by atoms with Gasteiger partial charge < -0.3 is 14.8 Å². The molecule has 18 heavy (non-hydrogen) atoms. The number of nitrogens with zero attached hydrogens (tertiary/aromatic N) is 1. The Balaban J connectivity index is 1.84. The fourth-order valence-electron chi connectivity index (χ4n) is 2.45. The topological polar surface area (TPSA) is 65.7 Å². The Labute approximate surface area is 107 Å². The molecule has 5 nitrogen and oxygen atoms in total. The Morgan fingerprint density at radius 2 is 2.56 bits per heavy atom. The summed E-state index contributed by atoms with van der Waals surface area (Å²) in [7, 11) is 0. The van der Waals surface area contributed by atoms with Crippen molar-refractivity contribution < 1.29 is 14.3 Å². The lowest BCUT2D eigenvalue weighted by Gasteiger charge is -2.28. The van der Waals surface area contributed by atoms with Crippen molar-refractivity contribution in [3.63, 3.8) is 0 Å². The molecule has 1 aliphatic heterocycles. The van der Waals surface area contributed by atoms with Crippen LogP contribution in [0.2, 0.25) is 0 Å². The van der Waals surface area contributed by atoms with Gasteiger partial charge in [0.2, 0.25) is 5.91 Å². The minimum Gasteiger partial charge on any atom is -0.467 e. The van der Waals surface area contributed by atoms with E-state index in [1.54, 1.807) is 12.3 Å². The van der Waals surface area contributed by atoms with E-state index in [0.717, 1.165) is 25.1 Å². The van der Waals surface area contributed by atoms with E-state index in [1.165, 1.54) is 0 Å². The van der Waals surface area contributed by atoms with Crippen LogP contribution in [0.5, 0.6) is 0 Å². The summed E-state index contributed by atoms with van der Waals surface area (Å²) in [4.78, 5) is 14.1. The Morgan fingerprint density at radius 3 is 3.22 bits per heavy atom. The van der Waals surface area contributed by atoms with Gasteiger partial charge in [0, 0.05) is 6.04 Å². The Bertz CT molecular complexity index is 378. The van der Waals surface area contributed by atoms with Crippen molar-refractivity contribution in [3.8, 4) is 0 Å². The number of hydrogen-bond acceptors (Lipinski definition) is 4. The maximum Gasteiger partial charge on any atom is 0.237 e. The smallest absolute Gasteiger partial charge is 0.237 e. The van der Waals surface area contributed by atoms with Crippen molar-refractivity contribution in [2.45, 2.75) is 38.4 Å². The summed E-state index contributed by atoms with van der Waals surface area (Å²) in [5.41, 5.74) is 0. The van der Waals surface area contributed by atoms with Gasteiger partial charge in [-0.25, -0.2) is 0 Å². The molecule has 1 aromatic heterocycles. The minimum atomic E-state index is -0.209. The first-order valence-electron chi connectivity index (χ1n) is 6.39. The average Bonchev–Trinajstić information content (AvgIpc) is 3.05. The van der Waals surface area contributed by atoms with Gasteiger partial charge in [0.25, 0.3) is 0 Å². The molecule has 0 spiro atoms. The van der Waals surface area contributed by atoms with Gasteiger partial charge in [0.15, 0.2) is 0 Å². The van der Waals surface area contributed by atoms with Crippen LogP contribution in [0.4, 0.5) is 0 Å². The molecule has 2 heterocycles. The SMILES string of the molecule is CC(C(=O)NCc1ccco1)N1CCCC1CO. The summed E-state index contributed by atoms with van der Waals surface area (Å²) in [6, 6.07) is 3.54. The van der Waals surface area contributed by atoms with Crippen LogP contribution in [0.15, 0.2) is 22.8 Å².